The van der Waals surface area contributed by atoms with Crippen molar-refractivity contribution in [3.05, 3.63) is 56.8 Å². The zero-order valence-corrected chi connectivity index (χ0v) is 12.3. The molecule has 0 atom stereocenters. The monoisotopic (exact) mass is 337 g/mol. The van der Waals surface area contributed by atoms with Crippen molar-refractivity contribution in [1.82, 2.24) is 4.98 Å². The maximum Gasteiger partial charge on any atom is 0.312 e. The summed E-state index contributed by atoms with van der Waals surface area (Å²) in [6, 6.07) is 8.33. The molecule has 1 aromatic carbocycles. The minimum atomic E-state index is -0.475. The van der Waals surface area contributed by atoms with E-state index in [-0.39, 0.29) is 18.0 Å². The molecule has 0 amide bonds. The van der Waals surface area contributed by atoms with Gasteiger partial charge in [-0.3, -0.25) is 15.1 Å². The van der Waals surface area contributed by atoms with Gasteiger partial charge in [0.15, 0.2) is 0 Å². The first kappa shape index (κ1) is 14.3. The molecule has 104 valence electrons. The number of rotatable bonds is 5. The van der Waals surface area contributed by atoms with Gasteiger partial charge in [0.1, 0.15) is 6.61 Å². The molecule has 0 aliphatic heterocycles. The van der Waals surface area contributed by atoms with Crippen LogP contribution in [-0.4, -0.2) is 17.0 Å². The van der Waals surface area contributed by atoms with Gasteiger partial charge in [-0.1, -0.05) is 6.07 Å². The van der Waals surface area contributed by atoms with E-state index in [0.717, 1.165) is 5.69 Å². The van der Waals surface area contributed by atoms with Gasteiger partial charge in [-0.2, -0.15) is 0 Å². The summed E-state index contributed by atoms with van der Waals surface area (Å²) in [5.74, 6) is 0.203. The lowest BCUT2D eigenvalue weighted by Crippen LogP contribution is -2.02. The molecule has 0 bridgehead atoms. The van der Waals surface area contributed by atoms with Crippen LogP contribution >= 0.6 is 15.9 Å². The number of ether oxygens (including phenoxy) is 1. The molecule has 6 nitrogen and oxygen atoms in total. The number of nitro groups is 1. The largest absolute Gasteiger partial charge is 0.480 e. The lowest BCUT2D eigenvalue weighted by molar-refractivity contribution is -0.386. The highest BCUT2D eigenvalue weighted by Crippen LogP contribution is 2.35. The molecule has 2 aromatic rings. The van der Waals surface area contributed by atoms with E-state index in [1.807, 2.05) is 12.1 Å². The number of halogens is 1. The van der Waals surface area contributed by atoms with Crippen molar-refractivity contribution in [1.29, 1.82) is 0 Å². The molecular formula is C13H12BrN3O3. The molecule has 0 aliphatic rings. The third-order valence-electron chi connectivity index (χ3n) is 2.61. The van der Waals surface area contributed by atoms with Crippen LogP contribution in [0.25, 0.3) is 0 Å². The fourth-order valence-electron chi connectivity index (χ4n) is 1.64. The highest BCUT2D eigenvalue weighted by atomic mass is 79.9. The predicted octanol–water partition coefficient (Wildman–Crippen LogP) is 3.37. The first-order chi connectivity index (χ1) is 9.61. The smallest absolute Gasteiger partial charge is 0.312 e. The third kappa shape index (κ3) is 3.24. The van der Waals surface area contributed by atoms with E-state index in [9.17, 15) is 10.1 Å². The summed E-state index contributed by atoms with van der Waals surface area (Å²) in [5, 5.41) is 14.0. The van der Waals surface area contributed by atoms with E-state index in [0.29, 0.717) is 10.2 Å². The molecule has 1 heterocycles. The molecule has 1 aromatic heterocycles. The molecule has 20 heavy (non-hydrogen) atoms. The molecule has 0 saturated carbocycles. The minimum Gasteiger partial charge on any atom is -0.480 e. The molecule has 0 spiro atoms. The summed E-state index contributed by atoms with van der Waals surface area (Å²) in [4.78, 5) is 14.6. The van der Waals surface area contributed by atoms with Crippen molar-refractivity contribution in [3.8, 4) is 5.75 Å². The topological polar surface area (TPSA) is 77.3 Å². The molecule has 0 unspecified atom stereocenters. The number of hydrogen-bond acceptors (Lipinski definition) is 5. The molecule has 2 rings (SSSR count). The van der Waals surface area contributed by atoms with Crippen LogP contribution in [0, 0.1) is 10.1 Å². The van der Waals surface area contributed by atoms with Crippen molar-refractivity contribution in [2.24, 2.45) is 0 Å². The number of anilines is 1. The van der Waals surface area contributed by atoms with Crippen LogP contribution in [0.1, 0.15) is 5.69 Å². The highest BCUT2D eigenvalue weighted by Gasteiger charge is 2.18. The first-order valence-electron chi connectivity index (χ1n) is 5.80. The van der Waals surface area contributed by atoms with Crippen molar-refractivity contribution >= 4 is 27.3 Å². The lowest BCUT2D eigenvalue weighted by Gasteiger charge is -2.09. The summed E-state index contributed by atoms with van der Waals surface area (Å²) in [7, 11) is 1.80. The zero-order valence-electron chi connectivity index (χ0n) is 10.7. The fraction of sp³-hybridized carbons (Fsp3) is 0.154. The van der Waals surface area contributed by atoms with E-state index in [1.54, 1.807) is 25.4 Å². The quantitative estimate of drug-likeness (QED) is 0.668. The average Bonchev–Trinajstić information content (AvgIpc) is 2.45. The van der Waals surface area contributed by atoms with Gasteiger partial charge in [0.2, 0.25) is 5.75 Å². The van der Waals surface area contributed by atoms with Crippen LogP contribution in [0.4, 0.5) is 11.4 Å². The Morgan fingerprint density at radius 2 is 2.25 bits per heavy atom. The zero-order chi connectivity index (χ0) is 14.5. The SMILES string of the molecule is CNc1ccnc(COc2c(Br)cccc2[N+](=O)[O-])c1. The van der Waals surface area contributed by atoms with Crippen LogP contribution in [0.2, 0.25) is 0 Å². The summed E-state index contributed by atoms with van der Waals surface area (Å²) in [6.45, 7) is 0.152. The van der Waals surface area contributed by atoms with E-state index in [1.165, 1.54) is 6.07 Å². The number of nitrogens with one attached hydrogen (secondary N) is 1. The van der Waals surface area contributed by atoms with Gasteiger partial charge in [0, 0.05) is 25.0 Å². The Morgan fingerprint density at radius 1 is 1.45 bits per heavy atom. The first-order valence-corrected chi connectivity index (χ1v) is 6.59. The van der Waals surface area contributed by atoms with Gasteiger partial charge in [-0.05, 0) is 34.1 Å². The normalized spacial score (nSPS) is 10.1. The van der Waals surface area contributed by atoms with E-state index >= 15 is 0 Å². The molecule has 1 N–H and O–H groups in total. The van der Waals surface area contributed by atoms with Crippen LogP contribution in [0.15, 0.2) is 41.0 Å². The second kappa shape index (κ2) is 6.33. The molecule has 0 radical (unpaired) electrons. The number of aromatic nitrogens is 1. The number of pyridine rings is 1. The predicted molar refractivity (Wildman–Crippen MR) is 78.9 cm³/mol. The molecular weight excluding hydrogens is 326 g/mol. The third-order valence-corrected chi connectivity index (χ3v) is 3.24. The Kier molecular flexibility index (Phi) is 4.52. The summed E-state index contributed by atoms with van der Waals surface area (Å²) in [5.41, 5.74) is 1.51. The standard InChI is InChI=1S/C13H12BrN3O3/c1-15-9-5-6-16-10(7-9)8-20-13-11(14)3-2-4-12(13)17(18)19/h2-7H,8H2,1H3,(H,15,16). The van der Waals surface area contributed by atoms with Gasteiger partial charge in [-0.25, -0.2) is 0 Å². The Labute approximate surface area is 124 Å². The Morgan fingerprint density at radius 3 is 2.95 bits per heavy atom. The summed E-state index contributed by atoms with van der Waals surface area (Å²) in [6.07, 6.45) is 1.65. The Hall–Kier alpha value is -2.15. The van der Waals surface area contributed by atoms with E-state index < -0.39 is 4.92 Å². The highest BCUT2D eigenvalue weighted by molar-refractivity contribution is 9.10. The number of hydrogen-bond donors (Lipinski definition) is 1. The van der Waals surface area contributed by atoms with Crippen LogP contribution in [-0.2, 0) is 6.61 Å². The minimum absolute atomic E-state index is 0.0795. The van der Waals surface area contributed by atoms with Crippen molar-refractivity contribution in [2.45, 2.75) is 6.61 Å². The van der Waals surface area contributed by atoms with Gasteiger partial charge in [0.25, 0.3) is 0 Å². The van der Waals surface area contributed by atoms with Gasteiger partial charge < -0.3 is 10.1 Å². The number of benzene rings is 1. The summed E-state index contributed by atoms with van der Waals surface area (Å²) < 4.78 is 6.07. The lowest BCUT2D eigenvalue weighted by atomic mass is 10.3. The van der Waals surface area contributed by atoms with Gasteiger partial charge in [0.05, 0.1) is 15.1 Å². The average molecular weight is 338 g/mol. The van der Waals surface area contributed by atoms with Crippen molar-refractivity contribution in [2.75, 3.05) is 12.4 Å². The number of nitrogens with zero attached hydrogens (tertiary/aromatic N) is 2. The second-order valence-corrected chi connectivity index (χ2v) is 4.77. The van der Waals surface area contributed by atoms with E-state index in [2.05, 4.69) is 26.2 Å². The molecule has 0 fully saturated rings. The maximum absolute atomic E-state index is 11.0. The fourth-order valence-corrected chi connectivity index (χ4v) is 2.11. The Bertz CT molecular complexity index is 634. The van der Waals surface area contributed by atoms with Crippen LogP contribution in [0.3, 0.4) is 0 Å². The van der Waals surface area contributed by atoms with Crippen LogP contribution in [0.5, 0.6) is 5.75 Å². The Balaban J connectivity index is 2.20. The van der Waals surface area contributed by atoms with Crippen molar-refractivity contribution < 1.29 is 9.66 Å². The second-order valence-electron chi connectivity index (χ2n) is 3.92. The number of nitro benzene ring substituents is 1. The number of para-hydroxylation sites is 1. The molecule has 0 saturated heterocycles. The van der Waals surface area contributed by atoms with Gasteiger partial charge >= 0.3 is 5.69 Å². The van der Waals surface area contributed by atoms with Crippen LogP contribution < -0.4 is 10.1 Å². The molecule has 0 aliphatic carbocycles. The summed E-state index contributed by atoms with van der Waals surface area (Å²) >= 11 is 3.25. The molecule has 7 heteroatoms. The van der Waals surface area contributed by atoms with E-state index in [4.69, 9.17) is 4.74 Å². The van der Waals surface area contributed by atoms with Gasteiger partial charge in [-0.15, -0.1) is 0 Å². The maximum atomic E-state index is 11.0. The van der Waals surface area contributed by atoms with Crippen molar-refractivity contribution in [3.63, 3.8) is 0 Å².